The average molecular weight is 275 g/mol. The quantitative estimate of drug-likeness (QED) is 0.900. The van der Waals surface area contributed by atoms with Crippen LogP contribution in [0.15, 0.2) is 22.7 Å². The van der Waals surface area contributed by atoms with E-state index in [1.54, 1.807) is 0 Å². The summed E-state index contributed by atoms with van der Waals surface area (Å²) in [6.07, 6.45) is 3.11. The molecule has 0 amide bonds. The minimum Gasteiger partial charge on any atom is -0.460 e. The number of nitrogens with one attached hydrogen (secondary N) is 2. The first kappa shape index (κ1) is 13.4. The maximum atomic E-state index is 5.66. The fraction of sp³-hybridized carbons (Fsp3) is 0.533. The Bertz CT molecular complexity index is 589. The standard InChI is InChI=1S/C15H21N3O2/c1-10-4-5-13(20-10)14-12(9-17-18-14)8-16-15(3)6-7-19-11(15)2/h4-5,9,11,16H,6-8H2,1-3H3,(H,17,18). The van der Waals surface area contributed by atoms with E-state index in [-0.39, 0.29) is 11.6 Å². The van der Waals surface area contributed by atoms with Crippen LogP contribution in [0.2, 0.25) is 0 Å². The highest BCUT2D eigenvalue weighted by atomic mass is 16.5. The molecule has 0 bridgehead atoms. The second-order valence-electron chi connectivity index (χ2n) is 5.71. The summed E-state index contributed by atoms with van der Waals surface area (Å²) in [6, 6.07) is 3.93. The molecule has 0 saturated carbocycles. The minimum absolute atomic E-state index is 0.0214. The van der Waals surface area contributed by atoms with Gasteiger partial charge < -0.3 is 14.5 Å². The minimum atomic E-state index is 0.0214. The molecule has 5 nitrogen and oxygen atoms in total. The molecule has 2 unspecified atom stereocenters. The Morgan fingerprint density at radius 3 is 3.00 bits per heavy atom. The van der Waals surface area contributed by atoms with Gasteiger partial charge in [0.1, 0.15) is 11.5 Å². The number of H-pyrrole nitrogens is 1. The number of rotatable bonds is 4. The molecular formula is C15H21N3O2. The first-order valence-corrected chi connectivity index (χ1v) is 7.04. The molecule has 108 valence electrons. The fourth-order valence-electron chi connectivity index (χ4n) is 2.59. The molecule has 2 N–H and O–H groups in total. The summed E-state index contributed by atoms with van der Waals surface area (Å²) < 4.78 is 11.3. The van der Waals surface area contributed by atoms with Gasteiger partial charge in [0.25, 0.3) is 0 Å². The Morgan fingerprint density at radius 2 is 2.35 bits per heavy atom. The second kappa shape index (κ2) is 5.07. The van der Waals surface area contributed by atoms with Crippen molar-refractivity contribution in [3.63, 3.8) is 0 Å². The fourth-order valence-corrected chi connectivity index (χ4v) is 2.59. The topological polar surface area (TPSA) is 63.1 Å². The Morgan fingerprint density at radius 1 is 1.50 bits per heavy atom. The molecule has 0 radical (unpaired) electrons. The highest BCUT2D eigenvalue weighted by Crippen LogP contribution is 2.27. The molecule has 1 aliphatic rings. The molecule has 3 rings (SSSR count). The van der Waals surface area contributed by atoms with Gasteiger partial charge >= 0.3 is 0 Å². The Balaban J connectivity index is 1.74. The predicted molar refractivity (Wildman–Crippen MR) is 76.3 cm³/mol. The molecule has 2 aromatic rings. The van der Waals surface area contributed by atoms with E-state index in [1.807, 2.05) is 25.3 Å². The van der Waals surface area contributed by atoms with Gasteiger partial charge in [-0.2, -0.15) is 5.10 Å². The normalized spacial score (nSPS) is 26.2. The molecule has 0 aliphatic carbocycles. The van der Waals surface area contributed by atoms with Crippen LogP contribution in [0.1, 0.15) is 31.6 Å². The summed E-state index contributed by atoms with van der Waals surface area (Å²) in [6.45, 7) is 7.83. The lowest BCUT2D eigenvalue weighted by Crippen LogP contribution is -2.47. The van der Waals surface area contributed by atoms with Crippen molar-refractivity contribution < 1.29 is 9.15 Å². The summed E-state index contributed by atoms with van der Waals surface area (Å²) in [5, 5.41) is 10.8. The van der Waals surface area contributed by atoms with Crippen molar-refractivity contribution in [2.45, 2.75) is 45.4 Å². The van der Waals surface area contributed by atoms with E-state index >= 15 is 0 Å². The van der Waals surface area contributed by atoms with Gasteiger partial charge in [0, 0.05) is 24.3 Å². The van der Waals surface area contributed by atoms with Gasteiger partial charge in [-0.15, -0.1) is 0 Å². The van der Waals surface area contributed by atoms with Gasteiger partial charge in [-0.05, 0) is 39.3 Å². The van der Waals surface area contributed by atoms with Crippen LogP contribution in [0, 0.1) is 6.92 Å². The smallest absolute Gasteiger partial charge is 0.152 e. The van der Waals surface area contributed by atoms with Crippen LogP contribution < -0.4 is 5.32 Å². The number of nitrogens with zero attached hydrogens (tertiary/aromatic N) is 1. The van der Waals surface area contributed by atoms with E-state index < -0.39 is 0 Å². The zero-order chi connectivity index (χ0) is 14.2. The molecule has 2 aromatic heterocycles. The van der Waals surface area contributed by atoms with Crippen molar-refractivity contribution in [1.82, 2.24) is 15.5 Å². The second-order valence-corrected chi connectivity index (χ2v) is 5.71. The van der Waals surface area contributed by atoms with Crippen molar-refractivity contribution in [3.8, 4) is 11.5 Å². The number of hydrogen-bond donors (Lipinski definition) is 2. The van der Waals surface area contributed by atoms with Crippen LogP contribution in [-0.2, 0) is 11.3 Å². The van der Waals surface area contributed by atoms with Gasteiger partial charge in [0.2, 0.25) is 0 Å². The molecule has 1 fully saturated rings. The van der Waals surface area contributed by atoms with Gasteiger partial charge in [0.15, 0.2) is 5.76 Å². The number of aromatic amines is 1. The van der Waals surface area contributed by atoms with E-state index in [0.29, 0.717) is 0 Å². The monoisotopic (exact) mass is 275 g/mol. The number of aryl methyl sites for hydroxylation is 1. The molecule has 1 aliphatic heterocycles. The highest BCUT2D eigenvalue weighted by molar-refractivity contribution is 5.56. The molecular weight excluding hydrogens is 254 g/mol. The summed E-state index contributed by atoms with van der Waals surface area (Å²) in [5.41, 5.74) is 2.08. The molecule has 0 aromatic carbocycles. The number of hydrogen-bond acceptors (Lipinski definition) is 4. The maximum absolute atomic E-state index is 5.66. The van der Waals surface area contributed by atoms with Crippen LogP contribution in [0.5, 0.6) is 0 Å². The highest BCUT2D eigenvalue weighted by Gasteiger charge is 2.36. The van der Waals surface area contributed by atoms with Crippen molar-refractivity contribution in [2.24, 2.45) is 0 Å². The molecule has 1 saturated heterocycles. The van der Waals surface area contributed by atoms with E-state index in [1.165, 1.54) is 0 Å². The maximum Gasteiger partial charge on any atom is 0.152 e. The number of aromatic nitrogens is 2. The van der Waals surface area contributed by atoms with Crippen LogP contribution in [0.3, 0.4) is 0 Å². The SMILES string of the molecule is Cc1ccc(-c2[nH]ncc2CNC2(C)CCOC2C)o1. The summed E-state index contributed by atoms with van der Waals surface area (Å²) in [4.78, 5) is 0. The zero-order valence-corrected chi connectivity index (χ0v) is 12.2. The summed E-state index contributed by atoms with van der Waals surface area (Å²) in [7, 11) is 0. The van der Waals surface area contributed by atoms with Gasteiger partial charge in [-0.25, -0.2) is 0 Å². The van der Waals surface area contributed by atoms with Crippen LogP contribution in [-0.4, -0.2) is 28.4 Å². The van der Waals surface area contributed by atoms with Crippen LogP contribution >= 0.6 is 0 Å². The molecule has 20 heavy (non-hydrogen) atoms. The first-order valence-electron chi connectivity index (χ1n) is 7.04. The lowest BCUT2D eigenvalue weighted by atomic mass is 9.94. The Kier molecular flexibility index (Phi) is 3.40. The summed E-state index contributed by atoms with van der Waals surface area (Å²) >= 11 is 0. The van der Waals surface area contributed by atoms with E-state index in [4.69, 9.17) is 9.15 Å². The Labute approximate surface area is 118 Å². The molecule has 0 spiro atoms. The van der Waals surface area contributed by atoms with Crippen molar-refractivity contribution in [3.05, 3.63) is 29.7 Å². The average Bonchev–Trinajstić information content (AvgIpc) is 3.10. The lowest BCUT2D eigenvalue weighted by Gasteiger charge is -2.29. The first-order chi connectivity index (χ1) is 9.58. The lowest BCUT2D eigenvalue weighted by molar-refractivity contribution is 0.0881. The summed E-state index contributed by atoms with van der Waals surface area (Å²) in [5.74, 6) is 1.73. The predicted octanol–water partition coefficient (Wildman–Crippen LogP) is 2.64. The Hall–Kier alpha value is -1.59. The third kappa shape index (κ3) is 2.39. The molecule has 3 heterocycles. The van der Waals surface area contributed by atoms with Crippen LogP contribution in [0.25, 0.3) is 11.5 Å². The molecule has 5 heteroatoms. The molecule has 2 atom stereocenters. The van der Waals surface area contributed by atoms with E-state index in [9.17, 15) is 0 Å². The van der Waals surface area contributed by atoms with Gasteiger partial charge in [-0.3, -0.25) is 5.10 Å². The largest absolute Gasteiger partial charge is 0.460 e. The van der Waals surface area contributed by atoms with Crippen molar-refractivity contribution in [1.29, 1.82) is 0 Å². The van der Waals surface area contributed by atoms with Crippen molar-refractivity contribution >= 4 is 0 Å². The van der Waals surface area contributed by atoms with Crippen molar-refractivity contribution in [2.75, 3.05) is 6.61 Å². The van der Waals surface area contributed by atoms with E-state index in [2.05, 4.69) is 29.4 Å². The third-order valence-corrected chi connectivity index (χ3v) is 4.27. The van der Waals surface area contributed by atoms with Crippen LogP contribution in [0.4, 0.5) is 0 Å². The van der Waals surface area contributed by atoms with Gasteiger partial charge in [0.05, 0.1) is 12.3 Å². The third-order valence-electron chi connectivity index (χ3n) is 4.27. The van der Waals surface area contributed by atoms with E-state index in [0.717, 1.165) is 42.4 Å². The number of ether oxygens (including phenoxy) is 1. The zero-order valence-electron chi connectivity index (χ0n) is 12.2. The number of furan rings is 1. The van der Waals surface area contributed by atoms with Gasteiger partial charge in [-0.1, -0.05) is 0 Å².